The van der Waals surface area contributed by atoms with Crippen LogP contribution in [0, 0.1) is 5.82 Å². The van der Waals surface area contributed by atoms with Crippen molar-refractivity contribution in [2.24, 2.45) is 0 Å². The summed E-state index contributed by atoms with van der Waals surface area (Å²) in [5, 5.41) is 0.650. The summed E-state index contributed by atoms with van der Waals surface area (Å²) in [5.41, 5.74) is 1.62. The van der Waals surface area contributed by atoms with Gasteiger partial charge in [0.1, 0.15) is 5.82 Å². The van der Waals surface area contributed by atoms with E-state index in [4.69, 9.17) is 11.6 Å². The van der Waals surface area contributed by atoms with Gasteiger partial charge in [-0.1, -0.05) is 35.5 Å². The second kappa shape index (κ2) is 6.09. The molecule has 0 aliphatic carbocycles. The lowest BCUT2D eigenvalue weighted by Crippen LogP contribution is -1.90. The highest BCUT2D eigenvalue weighted by Gasteiger charge is 2.18. The molecule has 0 fully saturated rings. The van der Waals surface area contributed by atoms with E-state index in [0.717, 1.165) is 4.88 Å². The molecule has 3 aromatic rings. The fourth-order valence-corrected chi connectivity index (χ4v) is 3.32. The first-order chi connectivity index (χ1) is 10.2. The Hall–Kier alpha value is -1.50. The van der Waals surface area contributed by atoms with Crippen molar-refractivity contribution in [3.05, 3.63) is 46.8 Å². The van der Waals surface area contributed by atoms with Gasteiger partial charge in [-0.05, 0) is 24.5 Å². The molecule has 3 nitrogen and oxygen atoms in total. The third-order valence-corrected chi connectivity index (χ3v) is 4.52. The van der Waals surface area contributed by atoms with Crippen molar-refractivity contribution >= 4 is 34.7 Å². The van der Waals surface area contributed by atoms with Crippen LogP contribution in [-0.4, -0.2) is 21.2 Å². The average molecular weight is 338 g/mol. The largest absolute Gasteiger partial charge is 0.231 e. The lowest BCUT2D eigenvalue weighted by molar-refractivity contribution is 0.631. The van der Waals surface area contributed by atoms with Gasteiger partial charge in [-0.3, -0.25) is 0 Å². The van der Waals surface area contributed by atoms with Gasteiger partial charge in [0.15, 0.2) is 9.62 Å². The minimum Gasteiger partial charge on any atom is -0.231 e. The smallest absolute Gasteiger partial charge is 0.187 e. The van der Waals surface area contributed by atoms with Crippen LogP contribution in [0.4, 0.5) is 4.39 Å². The Labute approximate surface area is 134 Å². The summed E-state index contributed by atoms with van der Waals surface area (Å²) in [6, 6.07) is 8.26. The maximum Gasteiger partial charge on any atom is 0.187 e. The lowest BCUT2D eigenvalue weighted by Gasteiger charge is -2.04. The van der Waals surface area contributed by atoms with Crippen molar-refractivity contribution in [3.63, 3.8) is 0 Å². The molecule has 106 valence electrons. The number of rotatable bonds is 3. The fourth-order valence-electron chi connectivity index (χ4n) is 1.87. The minimum atomic E-state index is -0.333. The van der Waals surface area contributed by atoms with Gasteiger partial charge in [-0.15, -0.1) is 11.3 Å². The van der Waals surface area contributed by atoms with Crippen LogP contribution in [0.3, 0.4) is 0 Å². The second-order valence-corrected chi connectivity index (χ2v) is 6.41. The Morgan fingerprint density at radius 2 is 2.00 bits per heavy atom. The molecule has 1 aromatic carbocycles. The molecule has 21 heavy (non-hydrogen) atoms. The summed E-state index contributed by atoms with van der Waals surface area (Å²) in [7, 11) is 0. The maximum absolute atomic E-state index is 14.0. The molecule has 7 heteroatoms. The van der Waals surface area contributed by atoms with Crippen molar-refractivity contribution in [3.8, 4) is 21.8 Å². The molecule has 0 aliphatic heterocycles. The zero-order chi connectivity index (χ0) is 14.8. The highest BCUT2D eigenvalue weighted by molar-refractivity contribution is 7.98. The molecular weight excluding hydrogens is 329 g/mol. The van der Waals surface area contributed by atoms with Gasteiger partial charge in [0, 0.05) is 11.8 Å². The molecule has 0 saturated carbocycles. The first-order valence-electron chi connectivity index (χ1n) is 5.97. The van der Waals surface area contributed by atoms with Crippen LogP contribution in [0.1, 0.15) is 0 Å². The number of hydrogen-bond acceptors (Lipinski definition) is 5. The summed E-state index contributed by atoms with van der Waals surface area (Å²) in [5.74, 6) is -0.333. The zero-order valence-corrected chi connectivity index (χ0v) is 13.3. The number of thioether (sulfide) groups is 1. The SMILES string of the molecule is CSc1nccc(-c2sc(Cl)nc2-c2ccccc2F)n1. The molecule has 2 heterocycles. The van der Waals surface area contributed by atoms with Crippen molar-refractivity contribution in [1.29, 1.82) is 0 Å². The summed E-state index contributed by atoms with van der Waals surface area (Å²) in [4.78, 5) is 13.6. The van der Waals surface area contributed by atoms with E-state index in [1.54, 1.807) is 30.5 Å². The van der Waals surface area contributed by atoms with E-state index in [9.17, 15) is 4.39 Å². The molecule has 0 atom stereocenters. The second-order valence-electron chi connectivity index (χ2n) is 4.05. The van der Waals surface area contributed by atoms with E-state index in [1.165, 1.54) is 29.2 Å². The number of thiazole rings is 1. The molecule has 3 rings (SSSR count). The first kappa shape index (κ1) is 14.4. The van der Waals surface area contributed by atoms with Crippen LogP contribution >= 0.6 is 34.7 Å². The Balaban J connectivity index is 2.18. The monoisotopic (exact) mass is 337 g/mol. The van der Waals surface area contributed by atoms with Gasteiger partial charge in [0.25, 0.3) is 0 Å². The highest BCUT2D eigenvalue weighted by Crippen LogP contribution is 2.38. The number of halogens is 2. The van der Waals surface area contributed by atoms with Crippen molar-refractivity contribution in [1.82, 2.24) is 15.0 Å². The number of nitrogens with zero attached hydrogens (tertiary/aromatic N) is 3. The molecule has 0 bridgehead atoms. The lowest BCUT2D eigenvalue weighted by atomic mass is 10.1. The number of hydrogen-bond donors (Lipinski definition) is 0. The zero-order valence-electron chi connectivity index (χ0n) is 10.9. The topological polar surface area (TPSA) is 38.7 Å². The Morgan fingerprint density at radius 1 is 1.19 bits per heavy atom. The van der Waals surface area contributed by atoms with Crippen LogP contribution in [0.5, 0.6) is 0 Å². The van der Waals surface area contributed by atoms with Gasteiger partial charge >= 0.3 is 0 Å². The highest BCUT2D eigenvalue weighted by atomic mass is 35.5. The molecular formula is C14H9ClFN3S2. The Bertz CT molecular complexity index is 791. The third-order valence-electron chi connectivity index (χ3n) is 2.78. The molecule has 0 N–H and O–H groups in total. The Morgan fingerprint density at radius 3 is 2.76 bits per heavy atom. The first-order valence-corrected chi connectivity index (χ1v) is 8.39. The van der Waals surface area contributed by atoms with E-state index in [0.29, 0.717) is 26.6 Å². The number of benzene rings is 1. The molecule has 0 unspecified atom stereocenters. The van der Waals surface area contributed by atoms with Gasteiger partial charge in [0.2, 0.25) is 0 Å². The predicted octanol–water partition coefficient (Wildman–Crippen LogP) is 4.78. The van der Waals surface area contributed by atoms with Crippen LogP contribution < -0.4 is 0 Å². The van der Waals surface area contributed by atoms with Gasteiger partial charge in [0.05, 0.1) is 16.3 Å². The molecule has 0 saturated heterocycles. The molecule has 2 aromatic heterocycles. The summed E-state index contributed by atoms with van der Waals surface area (Å²) < 4.78 is 14.4. The molecule has 0 radical (unpaired) electrons. The summed E-state index contributed by atoms with van der Waals surface area (Å²) >= 11 is 8.75. The minimum absolute atomic E-state index is 0.333. The molecule has 0 spiro atoms. The van der Waals surface area contributed by atoms with E-state index in [2.05, 4.69) is 15.0 Å². The predicted molar refractivity (Wildman–Crippen MR) is 85.3 cm³/mol. The summed E-state index contributed by atoms with van der Waals surface area (Å²) in [6.45, 7) is 0. The van der Waals surface area contributed by atoms with Crippen molar-refractivity contribution in [2.45, 2.75) is 5.16 Å². The van der Waals surface area contributed by atoms with E-state index < -0.39 is 0 Å². The van der Waals surface area contributed by atoms with E-state index in [-0.39, 0.29) is 5.82 Å². The van der Waals surface area contributed by atoms with Gasteiger partial charge in [-0.2, -0.15) is 0 Å². The molecule has 0 aliphatic rings. The normalized spacial score (nSPS) is 10.8. The maximum atomic E-state index is 14.0. The Kier molecular flexibility index (Phi) is 4.19. The summed E-state index contributed by atoms with van der Waals surface area (Å²) in [6.07, 6.45) is 3.57. The van der Waals surface area contributed by atoms with Crippen LogP contribution in [-0.2, 0) is 0 Å². The standard InChI is InChI=1S/C14H9ClFN3S2/c1-20-14-17-7-6-10(18-14)12-11(19-13(15)21-12)8-4-2-3-5-9(8)16/h2-7H,1H3. The van der Waals surface area contributed by atoms with E-state index in [1.807, 2.05) is 6.26 Å². The van der Waals surface area contributed by atoms with Crippen molar-refractivity contribution in [2.75, 3.05) is 6.26 Å². The number of aromatic nitrogens is 3. The van der Waals surface area contributed by atoms with Gasteiger partial charge < -0.3 is 0 Å². The van der Waals surface area contributed by atoms with Gasteiger partial charge in [-0.25, -0.2) is 19.3 Å². The third kappa shape index (κ3) is 2.92. The van der Waals surface area contributed by atoms with Crippen LogP contribution in [0.2, 0.25) is 4.47 Å². The quantitative estimate of drug-likeness (QED) is 0.509. The van der Waals surface area contributed by atoms with Crippen molar-refractivity contribution < 1.29 is 4.39 Å². The molecule has 0 amide bonds. The van der Waals surface area contributed by atoms with Crippen LogP contribution in [0.15, 0.2) is 41.7 Å². The van der Waals surface area contributed by atoms with E-state index >= 15 is 0 Å². The fraction of sp³-hybridized carbons (Fsp3) is 0.0714. The van der Waals surface area contributed by atoms with Crippen LogP contribution in [0.25, 0.3) is 21.8 Å². The average Bonchev–Trinajstić information content (AvgIpc) is 2.89.